The number of carbonyl (C=O) groups excluding carboxylic acids is 3. The molecule has 0 saturated carbocycles. The first-order valence-electron chi connectivity index (χ1n) is 9.65. The van der Waals surface area contributed by atoms with Crippen molar-refractivity contribution in [3.63, 3.8) is 0 Å². The monoisotopic (exact) mass is 373 g/mol. The molecule has 0 aliphatic carbocycles. The van der Waals surface area contributed by atoms with Gasteiger partial charge in [0.1, 0.15) is 18.4 Å². The van der Waals surface area contributed by atoms with Gasteiger partial charge in [0.25, 0.3) is 5.91 Å². The first-order chi connectivity index (χ1) is 13.0. The van der Waals surface area contributed by atoms with Crippen LogP contribution in [-0.2, 0) is 9.59 Å². The van der Waals surface area contributed by atoms with E-state index in [2.05, 4.69) is 6.92 Å². The largest absolute Gasteiger partial charge is 0.341 e. The Morgan fingerprint density at radius 3 is 2.74 bits per heavy atom. The van der Waals surface area contributed by atoms with Crippen LogP contribution in [0.3, 0.4) is 0 Å². The zero-order chi connectivity index (χ0) is 19.1. The number of hydrogen-bond acceptors (Lipinski definition) is 3. The lowest BCUT2D eigenvalue weighted by atomic mass is 10.0. The Hall–Kier alpha value is -2.44. The van der Waals surface area contributed by atoms with E-state index in [1.807, 2.05) is 0 Å². The van der Waals surface area contributed by atoms with Gasteiger partial charge in [0, 0.05) is 19.6 Å². The minimum atomic E-state index is -0.568. The van der Waals surface area contributed by atoms with E-state index >= 15 is 0 Å². The molecule has 4 rings (SSSR count). The molecule has 3 aliphatic heterocycles. The van der Waals surface area contributed by atoms with Crippen molar-refractivity contribution in [1.82, 2.24) is 9.80 Å². The van der Waals surface area contributed by atoms with E-state index < -0.39 is 11.9 Å². The molecule has 2 saturated heterocycles. The molecule has 1 aromatic carbocycles. The van der Waals surface area contributed by atoms with Gasteiger partial charge in [0.05, 0.1) is 11.3 Å². The standard InChI is InChI=1S/C20H24FN3O3/c1-13-4-2-8-22(11-13)18(25)12-24-16-7-6-14(21)10-15(16)19(26)23-9-3-5-17(23)20(24)27/h6-7,10,13,17H,2-5,8-9,11-12H2,1H3. The second-order valence-corrected chi connectivity index (χ2v) is 7.83. The maximum atomic E-state index is 13.8. The molecule has 6 nitrogen and oxygen atoms in total. The summed E-state index contributed by atoms with van der Waals surface area (Å²) in [4.78, 5) is 43.6. The molecular formula is C20H24FN3O3. The first kappa shape index (κ1) is 17.9. The predicted octanol–water partition coefficient (Wildman–Crippen LogP) is 2.04. The summed E-state index contributed by atoms with van der Waals surface area (Å²) in [7, 11) is 0. The summed E-state index contributed by atoms with van der Waals surface area (Å²) in [6.45, 7) is 3.86. The number of nitrogens with zero attached hydrogens (tertiary/aromatic N) is 3. The van der Waals surface area contributed by atoms with Crippen molar-refractivity contribution in [2.75, 3.05) is 31.1 Å². The molecule has 3 aliphatic rings. The molecule has 144 valence electrons. The summed E-state index contributed by atoms with van der Waals surface area (Å²) in [5.74, 6) is -0.783. The fraction of sp³-hybridized carbons (Fsp3) is 0.550. The van der Waals surface area contributed by atoms with Crippen LogP contribution in [0.25, 0.3) is 0 Å². The summed E-state index contributed by atoms with van der Waals surface area (Å²) in [6, 6.07) is 3.28. The highest BCUT2D eigenvalue weighted by Crippen LogP contribution is 2.33. The molecule has 0 N–H and O–H groups in total. The highest BCUT2D eigenvalue weighted by Gasteiger charge is 2.43. The number of hydrogen-bond donors (Lipinski definition) is 0. The number of piperidine rings is 1. The highest BCUT2D eigenvalue weighted by atomic mass is 19.1. The molecule has 3 heterocycles. The van der Waals surface area contributed by atoms with Crippen LogP contribution in [0.2, 0.25) is 0 Å². The maximum Gasteiger partial charge on any atom is 0.256 e. The van der Waals surface area contributed by atoms with Crippen molar-refractivity contribution >= 4 is 23.4 Å². The molecule has 1 aromatic rings. The Morgan fingerprint density at radius 2 is 1.96 bits per heavy atom. The number of benzene rings is 1. The van der Waals surface area contributed by atoms with Crippen LogP contribution < -0.4 is 4.90 Å². The van der Waals surface area contributed by atoms with Gasteiger partial charge in [-0.15, -0.1) is 0 Å². The summed E-state index contributed by atoms with van der Waals surface area (Å²) in [5, 5.41) is 0. The van der Waals surface area contributed by atoms with Crippen LogP contribution in [0.5, 0.6) is 0 Å². The van der Waals surface area contributed by atoms with Gasteiger partial charge >= 0.3 is 0 Å². The van der Waals surface area contributed by atoms with Crippen LogP contribution in [0, 0.1) is 11.7 Å². The summed E-state index contributed by atoms with van der Waals surface area (Å²) < 4.78 is 13.8. The predicted molar refractivity (Wildman–Crippen MR) is 97.8 cm³/mol. The third-order valence-corrected chi connectivity index (χ3v) is 5.85. The Labute approximate surface area is 157 Å². The average molecular weight is 373 g/mol. The topological polar surface area (TPSA) is 60.9 Å². The summed E-state index contributed by atoms with van der Waals surface area (Å²) >= 11 is 0. The maximum absolute atomic E-state index is 13.8. The van der Waals surface area contributed by atoms with Crippen LogP contribution in [0.1, 0.15) is 43.0 Å². The fourth-order valence-corrected chi connectivity index (χ4v) is 4.45. The molecule has 2 fully saturated rings. The van der Waals surface area contributed by atoms with Gasteiger partial charge in [-0.3, -0.25) is 14.4 Å². The third kappa shape index (κ3) is 3.19. The van der Waals surface area contributed by atoms with Gasteiger partial charge < -0.3 is 14.7 Å². The fourth-order valence-electron chi connectivity index (χ4n) is 4.45. The molecule has 3 amide bonds. The van der Waals surface area contributed by atoms with E-state index in [4.69, 9.17) is 0 Å². The van der Waals surface area contributed by atoms with Gasteiger partial charge in [0.15, 0.2) is 0 Å². The first-order valence-corrected chi connectivity index (χ1v) is 9.65. The zero-order valence-corrected chi connectivity index (χ0v) is 15.5. The van der Waals surface area contributed by atoms with Crippen molar-refractivity contribution in [3.8, 4) is 0 Å². The smallest absolute Gasteiger partial charge is 0.256 e. The lowest BCUT2D eigenvalue weighted by Gasteiger charge is -2.33. The van der Waals surface area contributed by atoms with Crippen molar-refractivity contribution in [2.24, 2.45) is 5.92 Å². The lowest BCUT2D eigenvalue weighted by Crippen LogP contribution is -2.50. The Kier molecular flexibility index (Phi) is 4.61. The van der Waals surface area contributed by atoms with Gasteiger partial charge in [-0.2, -0.15) is 0 Å². The molecule has 0 bridgehead atoms. The number of halogens is 1. The number of amides is 3. The van der Waals surface area contributed by atoms with E-state index in [0.717, 1.165) is 19.3 Å². The average Bonchev–Trinajstić information content (AvgIpc) is 3.12. The SMILES string of the molecule is CC1CCCN(C(=O)CN2C(=O)C3CCCN3C(=O)c3cc(F)ccc32)C1. The Balaban J connectivity index is 1.67. The molecule has 2 atom stereocenters. The number of likely N-dealkylation sites (tertiary alicyclic amines) is 1. The molecule has 2 unspecified atom stereocenters. The Morgan fingerprint density at radius 1 is 1.19 bits per heavy atom. The van der Waals surface area contributed by atoms with Crippen molar-refractivity contribution in [2.45, 2.75) is 38.6 Å². The van der Waals surface area contributed by atoms with Crippen LogP contribution in [-0.4, -0.2) is 59.7 Å². The van der Waals surface area contributed by atoms with E-state index in [9.17, 15) is 18.8 Å². The zero-order valence-electron chi connectivity index (χ0n) is 15.5. The number of fused-ring (bicyclic) bond motifs is 2. The van der Waals surface area contributed by atoms with Crippen molar-refractivity contribution in [1.29, 1.82) is 0 Å². The van der Waals surface area contributed by atoms with Gasteiger partial charge in [-0.25, -0.2) is 4.39 Å². The molecule has 0 radical (unpaired) electrons. The van der Waals surface area contributed by atoms with Crippen LogP contribution in [0.15, 0.2) is 18.2 Å². The quantitative estimate of drug-likeness (QED) is 0.797. The van der Waals surface area contributed by atoms with E-state index in [1.165, 1.54) is 28.0 Å². The number of anilines is 1. The van der Waals surface area contributed by atoms with E-state index in [0.29, 0.717) is 37.7 Å². The normalized spacial score (nSPS) is 25.3. The third-order valence-electron chi connectivity index (χ3n) is 5.85. The van der Waals surface area contributed by atoms with Gasteiger partial charge in [0.2, 0.25) is 11.8 Å². The molecular weight excluding hydrogens is 349 g/mol. The minimum absolute atomic E-state index is 0.109. The summed E-state index contributed by atoms with van der Waals surface area (Å²) in [6.07, 6.45) is 3.36. The van der Waals surface area contributed by atoms with Gasteiger partial charge in [-0.1, -0.05) is 6.92 Å². The van der Waals surface area contributed by atoms with E-state index in [1.54, 1.807) is 4.90 Å². The second kappa shape index (κ2) is 6.94. The highest BCUT2D eigenvalue weighted by molar-refractivity contribution is 6.12. The molecule has 0 aromatic heterocycles. The van der Waals surface area contributed by atoms with Gasteiger partial charge in [-0.05, 0) is 49.8 Å². The summed E-state index contributed by atoms with van der Waals surface area (Å²) in [5.41, 5.74) is 0.492. The molecule has 27 heavy (non-hydrogen) atoms. The van der Waals surface area contributed by atoms with Crippen molar-refractivity contribution in [3.05, 3.63) is 29.6 Å². The lowest BCUT2D eigenvalue weighted by molar-refractivity contribution is -0.133. The number of carbonyl (C=O) groups is 3. The Bertz CT molecular complexity index is 797. The van der Waals surface area contributed by atoms with Crippen molar-refractivity contribution < 1.29 is 18.8 Å². The van der Waals surface area contributed by atoms with Crippen LogP contribution >= 0.6 is 0 Å². The minimum Gasteiger partial charge on any atom is -0.341 e. The van der Waals surface area contributed by atoms with E-state index in [-0.39, 0.29) is 29.8 Å². The molecule has 7 heteroatoms. The number of rotatable bonds is 2. The molecule has 0 spiro atoms. The second-order valence-electron chi connectivity index (χ2n) is 7.83. The van der Waals surface area contributed by atoms with Crippen LogP contribution in [0.4, 0.5) is 10.1 Å².